The number of hydrogen-bond acceptors (Lipinski definition) is 4. The average Bonchev–Trinajstić information content (AvgIpc) is 2.81. The monoisotopic (exact) mass is 344 g/mol. The Hall–Kier alpha value is -2.46. The molecular formula is C18H21FN4O2. The molecule has 0 aromatic heterocycles. The quantitative estimate of drug-likeness (QED) is 0.849. The number of piperidine rings is 1. The zero-order valence-electron chi connectivity index (χ0n) is 14.4. The Morgan fingerprint density at radius 1 is 1.44 bits per heavy atom. The van der Waals surface area contributed by atoms with Crippen LogP contribution in [0.4, 0.5) is 9.18 Å². The summed E-state index contributed by atoms with van der Waals surface area (Å²) in [7, 11) is 1.48. The van der Waals surface area contributed by atoms with Gasteiger partial charge in [-0.05, 0) is 38.4 Å². The third kappa shape index (κ3) is 3.10. The van der Waals surface area contributed by atoms with Crippen LogP contribution >= 0.6 is 0 Å². The van der Waals surface area contributed by atoms with Crippen molar-refractivity contribution < 1.29 is 14.0 Å². The molecule has 1 aromatic carbocycles. The SMILES string of the molecule is CN1C(=O)N[C@](C)([C@H]2CCCN(Cc3ccc(C#N)cc3F)C2)C1=O. The molecule has 2 atom stereocenters. The smallest absolute Gasteiger partial charge is 0.323 e. The Balaban J connectivity index is 1.73. The normalized spacial score (nSPS) is 27.3. The van der Waals surface area contributed by atoms with Gasteiger partial charge in [-0.3, -0.25) is 14.6 Å². The molecule has 0 radical (unpaired) electrons. The van der Waals surface area contributed by atoms with Gasteiger partial charge in [0.1, 0.15) is 11.4 Å². The summed E-state index contributed by atoms with van der Waals surface area (Å²) in [5.41, 5.74) is -0.0791. The molecule has 0 unspecified atom stereocenters. The van der Waals surface area contributed by atoms with E-state index in [0.29, 0.717) is 24.2 Å². The van der Waals surface area contributed by atoms with Crippen molar-refractivity contribution >= 4 is 11.9 Å². The summed E-state index contributed by atoms with van der Waals surface area (Å²) in [5.74, 6) is -0.629. The largest absolute Gasteiger partial charge is 0.324 e. The number of urea groups is 1. The lowest BCUT2D eigenvalue weighted by Gasteiger charge is -2.39. The summed E-state index contributed by atoms with van der Waals surface area (Å²) < 4.78 is 14.1. The molecule has 6 nitrogen and oxygen atoms in total. The molecule has 0 saturated carbocycles. The fourth-order valence-electron chi connectivity index (χ4n) is 3.73. The van der Waals surface area contributed by atoms with Gasteiger partial charge < -0.3 is 5.32 Å². The standard InChI is InChI=1S/C18H21FN4O2/c1-18(16(24)22(2)17(25)21-18)14-4-3-7-23(11-14)10-13-6-5-12(9-20)8-15(13)19/h5-6,8,14H,3-4,7,10-11H2,1-2H3,(H,21,25)/t14-,18+/m0/s1. The first-order valence-electron chi connectivity index (χ1n) is 8.36. The molecule has 2 aliphatic rings. The Kier molecular flexibility index (Phi) is 4.48. The van der Waals surface area contributed by atoms with Crippen molar-refractivity contribution in [3.8, 4) is 6.07 Å². The van der Waals surface area contributed by atoms with Crippen LogP contribution < -0.4 is 5.32 Å². The molecule has 1 aromatic rings. The van der Waals surface area contributed by atoms with Crippen molar-refractivity contribution in [1.29, 1.82) is 5.26 Å². The van der Waals surface area contributed by atoms with E-state index in [9.17, 15) is 14.0 Å². The van der Waals surface area contributed by atoms with Gasteiger partial charge in [-0.25, -0.2) is 9.18 Å². The summed E-state index contributed by atoms with van der Waals surface area (Å²) in [5, 5.41) is 11.6. The number of nitrogens with zero attached hydrogens (tertiary/aromatic N) is 3. The van der Waals surface area contributed by atoms with Crippen LogP contribution in [0.2, 0.25) is 0 Å². The highest BCUT2D eigenvalue weighted by Crippen LogP contribution is 2.32. The molecule has 2 heterocycles. The molecule has 2 fully saturated rings. The molecule has 2 saturated heterocycles. The van der Waals surface area contributed by atoms with Gasteiger partial charge >= 0.3 is 6.03 Å². The zero-order chi connectivity index (χ0) is 18.2. The summed E-state index contributed by atoms with van der Waals surface area (Å²) in [6.45, 7) is 3.61. The topological polar surface area (TPSA) is 76.4 Å². The van der Waals surface area contributed by atoms with Crippen molar-refractivity contribution in [3.63, 3.8) is 0 Å². The van der Waals surface area contributed by atoms with E-state index in [1.165, 1.54) is 13.1 Å². The number of benzene rings is 1. The molecule has 132 valence electrons. The molecule has 0 bridgehead atoms. The van der Waals surface area contributed by atoms with Crippen LogP contribution in [0, 0.1) is 23.1 Å². The van der Waals surface area contributed by atoms with Gasteiger partial charge in [-0.2, -0.15) is 5.26 Å². The number of nitriles is 1. The van der Waals surface area contributed by atoms with Gasteiger partial charge in [-0.15, -0.1) is 0 Å². The minimum absolute atomic E-state index is 0.0240. The lowest BCUT2D eigenvalue weighted by molar-refractivity contribution is -0.132. The van der Waals surface area contributed by atoms with E-state index >= 15 is 0 Å². The fourth-order valence-corrected chi connectivity index (χ4v) is 3.73. The molecule has 1 N–H and O–H groups in total. The lowest BCUT2D eigenvalue weighted by atomic mass is 9.80. The number of rotatable bonds is 3. The Labute approximate surface area is 146 Å². The van der Waals surface area contributed by atoms with Crippen LogP contribution in [0.1, 0.15) is 30.9 Å². The highest BCUT2D eigenvalue weighted by molar-refractivity contribution is 6.06. The first kappa shape index (κ1) is 17.4. The number of nitrogens with one attached hydrogen (secondary N) is 1. The van der Waals surface area contributed by atoms with Crippen LogP contribution in [0.15, 0.2) is 18.2 Å². The number of likely N-dealkylation sites (tertiary alicyclic amines) is 1. The van der Waals surface area contributed by atoms with Gasteiger partial charge in [-0.1, -0.05) is 6.07 Å². The predicted octanol–water partition coefficient (Wildman–Crippen LogP) is 1.85. The zero-order valence-corrected chi connectivity index (χ0v) is 14.4. The maximum absolute atomic E-state index is 14.1. The highest BCUT2D eigenvalue weighted by Gasteiger charge is 2.51. The molecule has 3 rings (SSSR count). The van der Waals surface area contributed by atoms with Gasteiger partial charge in [0.15, 0.2) is 0 Å². The third-order valence-electron chi connectivity index (χ3n) is 5.32. The van der Waals surface area contributed by atoms with Crippen molar-refractivity contribution in [1.82, 2.24) is 15.1 Å². The number of halogens is 1. The minimum atomic E-state index is -0.909. The molecule has 0 aliphatic carbocycles. The van der Waals surface area contributed by atoms with E-state index < -0.39 is 11.4 Å². The summed E-state index contributed by atoms with van der Waals surface area (Å²) in [6, 6.07) is 6.04. The number of hydrogen-bond donors (Lipinski definition) is 1. The van der Waals surface area contributed by atoms with E-state index in [0.717, 1.165) is 24.3 Å². The van der Waals surface area contributed by atoms with Crippen molar-refractivity contribution in [2.75, 3.05) is 20.1 Å². The van der Waals surface area contributed by atoms with Crippen LogP contribution in [0.5, 0.6) is 0 Å². The number of amides is 3. The Morgan fingerprint density at radius 3 is 2.80 bits per heavy atom. The minimum Gasteiger partial charge on any atom is -0.323 e. The summed E-state index contributed by atoms with van der Waals surface area (Å²) >= 11 is 0. The lowest BCUT2D eigenvalue weighted by Crippen LogP contribution is -2.55. The first-order valence-corrected chi connectivity index (χ1v) is 8.36. The van der Waals surface area contributed by atoms with Gasteiger partial charge in [0.05, 0.1) is 11.6 Å². The number of likely N-dealkylation sites (N-methyl/N-ethyl adjacent to an activating group) is 1. The maximum Gasteiger partial charge on any atom is 0.324 e. The molecule has 7 heteroatoms. The number of carbonyl (C=O) groups excluding carboxylic acids is 2. The average molecular weight is 344 g/mol. The second-order valence-corrected chi connectivity index (χ2v) is 6.99. The third-order valence-corrected chi connectivity index (χ3v) is 5.32. The molecule has 25 heavy (non-hydrogen) atoms. The predicted molar refractivity (Wildman–Crippen MR) is 88.8 cm³/mol. The summed E-state index contributed by atoms with van der Waals surface area (Å²) in [6.07, 6.45) is 1.72. The van der Waals surface area contributed by atoms with Gasteiger partial charge in [0.2, 0.25) is 0 Å². The van der Waals surface area contributed by atoms with Crippen LogP contribution in [0.3, 0.4) is 0 Å². The van der Waals surface area contributed by atoms with E-state index in [-0.39, 0.29) is 17.9 Å². The van der Waals surface area contributed by atoms with Crippen molar-refractivity contribution in [2.24, 2.45) is 5.92 Å². The fraction of sp³-hybridized carbons (Fsp3) is 0.500. The molecule has 3 amide bonds. The number of imide groups is 1. The van der Waals surface area contributed by atoms with Gasteiger partial charge in [0, 0.05) is 31.6 Å². The van der Waals surface area contributed by atoms with Gasteiger partial charge in [0.25, 0.3) is 5.91 Å². The van der Waals surface area contributed by atoms with Crippen molar-refractivity contribution in [2.45, 2.75) is 31.8 Å². The molecular weight excluding hydrogens is 323 g/mol. The Morgan fingerprint density at radius 2 is 2.20 bits per heavy atom. The van der Waals surface area contributed by atoms with E-state index in [4.69, 9.17) is 5.26 Å². The van der Waals surface area contributed by atoms with Crippen LogP contribution in [-0.4, -0.2) is 47.4 Å². The molecule has 2 aliphatic heterocycles. The van der Waals surface area contributed by atoms with Crippen LogP contribution in [-0.2, 0) is 11.3 Å². The second kappa shape index (κ2) is 6.45. The van der Waals surface area contributed by atoms with Crippen LogP contribution in [0.25, 0.3) is 0 Å². The Bertz CT molecular complexity index is 760. The van der Waals surface area contributed by atoms with E-state index in [2.05, 4.69) is 10.2 Å². The molecule has 0 spiro atoms. The number of carbonyl (C=O) groups is 2. The maximum atomic E-state index is 14.1. The summed E-state index contributed by atoms with van der Waals surface area (Å²) in [4.78, 5) is 27.5. The van der Waals surface area contributed by atoms with Crippen molar-refractivity contribution in [3.05, 3.63) is 35.1 Å². The van der Waals surface area contributed by atoms with E-state index in [1.54, 1.807) is 19.1 Å². The highest BCUT2D eigenvalue weighted by atomic mass is 19.1. The second-order valence-electron chi connectivity index (χ2n) is 6.99. The first-order chi connectivity index (χ1) is 11.8. The van der Waals surface area contributed by atoms with E-state index in [1.807, 2.05) is 6.07 Å².